The van der Waals surface area contributed by atoms with Crippen LogP contribution >= 0.6 is 0 Å². The highest BCUT2D eigenvalue weighted by atomic mass is 15.1. The van der Waals surface area contributed by atoms with Crippen molar-refractivity contribution in [2.45, 2.75) is 51.0 Å². The van der Waals surface area contributed by atoms with Crippen LogP contribution in [0.4, 0.5) is 0 Å². The molecule has 3 nitrogen and oxygen atoms in total. The molecule has 2 rings (SSSR count). The molecule has 0 aromatic heterocycles. The number of hydrogen-bond donors (Lipinski definition) is 2. The average Bonchev–Trinajstić information content (AvgIpc) is 2.44. The van der Waals surface area contributed by atoms with Gasteiger partial charge in [-0.3, -0.25) is 0 Å². The summed E-state index contributed by atoms with van der Waals surface area (Å²) in [6.45, 7) is 5.09. The molecule has 0 radical (unpaired) electrons. The van der Waals surface area contributed by atoms with Crippen molar-refractivity contribution < 1.29 is 0 Å². The molecule has 1 unspecified atom stereocenters. The number of piperidine rings is 1. The average molecular weight is 267 g/mol. The molecule has 0 amide bonds. The fourth-order valence-electron chi connectivity index (χ4n) is 3.78. The van der Waals surface area contributed by atoms with Gasteiger partial charge < -0.3 is 15.5 Å². The summed E-state index contributed by atoms with van der Waals surface area (Å²) in [5, 5.41) is 7.12. The van der Waals surface area contributed by atoms with E-state index in [9.17, 15) is 0 Å². The highest BCUT2D eigenvalue weighted by Gasteiger charge is 2.20. The van der Waals surface area contributed by atoms with E-state index in [4.69, 9.17) is 0 Å². The van der Waals surface area contributed by atoms with Crippen LogP contribution in [0.1, 0.15) is 44.9 Å². The quantitative estimate of drug-likeness (QED) is 0.722. The summed E-state index contributed by atoms with van der Waals surface area (Å²) < 4.78 is 0. The molecule has 2 aliphatic rings. The van der Waals surface area contributed by atoms with Crippen molar-refractivity contribution >= 4 is 0 Å². The highest BCUT2D eigenvalue weighted by molar-refractivity contribution is 4.77. The summed E-state index contributed by atoms with van der Waals surface area (Å²) in [6, 6.07) is 0.786. The molecule has 112 valence electrons. The van der Waals surface area contributed by atoms with Gasteiger partial charge in [0.25, 0.3) is 0 Å². The van der Waals surface area contributed by atoms with Crippen LogP contribution in [0.15, 0.2) is 0 Å². The molecule has 1 heterocycles. The van der Waals surface area contributed by atoms with E-state index < -0.39 is 0 Å². The number of hydrogen-bond acceptors (Lipinski definition) is 3. The topological polar surface area (TPSA) is 27.3 Å². The first-order valence-corrected chi connectivity index (χ1v) is 8.34. The Kier molecular flexibility index (Phi) is 6.62. The first-order valence-electron chi connectivity index (χ1n) is 8.34. The van der Waals surface area contributed by atoms with Gasteiger partial charge in [-0.25, -0.2) is 0 Å². The Morgan fingerprint density at radius 1 is 1.05 bits per heavy atom. The van der Waals surface area contributed by atoms with Crippen LogP contribution in [0.25, 0.3) is 0 Å². The predicted octanol–water partition coefficient (Wildman–Crippen LogP) is 2.09. The van der Waals surface area contributed by atoms with Crippen molar-refractivity contribution in [2.24, 2.45) is 11.8 Å². The maximum Gasteiger partial charge on any atom is 0.00642 e. The fourth-order valence-corrected chi connectivity index (χ4v) is 3.78. The van der Waals surface area contributed by atoms with Crippen LogP contribution in [0.5, 0.6) is 0 Å². The van der Waals surface area contributed by atoms with Crippen LogP contribution in [-0.2, 0) is 0 Å². The lowest BCUT2D eigenvalue weighted by Gasteiger charge is -2.30. The van der Waals surface area contributed by atoms with Crippen LogP contribution in [0.3, 0.4) is 0 Å². The van der Waals surface area contributed by atoms with E-state index in [1.54, 1.807) is 0 Å². The van der Waals surface area contributed by atoms with Gasteiger partial charge in [0.15, 0.2) is 0 Å². The second kappa shape index (κ2) is 8.23. The Morgan fingerprint density at radius 3 is 2.53 bits per heavy atom. The molecule has 2 N–H and O–H groups in total. The molecule has 1 atom stereocenters. The summed E-state index contributed by atoms with van der Waals surface area (Å²) >= 11 is 0. The zero-order valence-electron chi connectivity index (χ0n) is 13.0. The second-order valence-electron chi connectivity index (χ2n) is 6.77. The SMILES string of the molecule is CNC1CCC(CNCCC2CCCN(C)C2)CC1. The smallest absolute Gasteiger partial charge is 0.00642 e. The van der Waals surface area contributed by atoms with E-state index in [2.05, 4.69) is 29.6 Å². The molecule has 1 saturated carbocycles. The molecular formula is C16H33N3. The molecule has 3 heteroatoms. The molecule has 0 bridgehead atoms. The maximum absolute atomic E-state index is 3.71. The van der Waals surface area contributed by atoms with Gasteiger partial charge in [-0.2, -0.15) is 0 Å². The molecule has 1 aliphatic heterocycles. The van der Waals surface area contributed by atoms with Crippen molar-refractivity contribution in [3.8, 4) is 0 Å². The van der Waals surface area contributed by atoms with Gasteiger partial charge in [-0.05, 0) is 90.5 Å². The van der Waals surface area contributed by atoms with Crippen LogP contribution < -0.4 is 10.6 Å². The van der Waals surface area contributed by atoms with E-state index in [1.165, 1.54) is 71.1 Å². The van der Waals surface area contributed by atoms with Crippen LogP contribution in [-0.4, -0.2) is 51.2 Å². The third-order valence-electron chi connectivity index (χ3n) is 5.14. The van der Waals surface area contributed by atoms with Crippen molar-refractivity contribution in [3.63, 3.8) is 0 Å². The summed E-state index contributed by atoms with van der Waals surface area (Å²) in [7, 11) is 4.37. The molecule has 19 heavy (non-hydrogen) atoms. The minimum absolute atomic E-state index is 0.786. The van der Waals surface area contributed by atoms with Gasteiger partial charge in [0.05, 0.1) is 0 Å². The minimum atomic E-state index is 0.786. The van der Waals surface area contributed by atoms with Gasteiger partial charge in [0.1, 0.15) is 0 Å². The first kappa shape index (κ1) is 15.3. The van der Waals surface area contributed by atoms with E-state index in [0.717, 1.165) is 17.9 Å². The molecule has 1 aliphatic carbocycles. The minimum Gasteiger partial charge on any atom is -0.317 e. The van der Waals surface area contributed by atoms with Gasteiger partial charge in [-0.15, -0.1) is 0 Å². The number of rotatable bonds is 6. The fraction of sp³-hybridized carbons (Fsp3) is 1.00. The third kappa shape index (κ3) is 5.41. The molecule has 0 aromatic rings. The Hall–Kier alpha value is -0.120. The van der Waals surface area contributed by atoms with Crippen LogP contribution in [0.2, 0.25) is 0 Å². The Morgan fingerprint density at radius 2 is 1.84 bits per heavy atom. The van der Waals surface area contributed by atoms with E-state index >= 15 is 0 Å². The van der Waals surface area contributed by atoms with Crippen LogP contribution in [0, 0.1) is 11.8 Å². The third-order valence-corrected chi connectivity index (χ3v) is 5.14. The largest absolute Gasteiger partial charge is 0.317 e. The summed E-state index contributed by atoms with van der Waals surface area (Å²) in [4.78, 5) is 2.49. The second-order valence-corrected chi connectivity index (χ2v) is 6.77. The summed E-state index contributed by atoms with van der Waals surface area (Å²) in [5.74, 6) is 1.87. The van der Waals surface area contributed by atoms with E-state index in [1.807, 2.05) is 0 Å². The molecular weight excluding hydrogens is 234 g/mol. The number of nitrogens with one attached hydrogen (secondary N) is 2. The molecule has 0 aromatic carbocycles. The number of nitrogens with zero attached hydrogens (tertiary/aromatic N) is 1. The lowest BCUT2D eigenvalue weighted by atomic mass is 9.86. The van der Waals surface area contributed by atoms with Gasteiger partial charge in [0.2, 0.25) is 0 Å². The number of likely N-dealkylation sites (tertiary alicyclic amines) is 1. The standard InChI is InChI=1S/C16H33N3/c1-17-16-7-5-14(6-8-16)12-18-10-9-15-4-3-11-19(2)13-15/h14-18H,3-13H2,1-2H3. The summed E-state index contributed by atoms with van der Waals surface area (Å²) in [5.41, 5.74) is 0. The highest BCUT2D eigenvalue weighted by Crippen LogP contribution is 2.23. The zero-order chi connectivity index (χ0) is 13.5. The molecule has 2 fully saturated rings. The first-order chi connectivity index (χ1) is 9.28. The van der Waals surface area contributed by atoms with Crippen molar-refractivity contribution in [1.82, 2.24) is 15.5 Å². The molecule has 1 saturated heterocycles. The monoisotopic (exact) mass is 267 g/mol. The van der Waals surface area contributed by atoms with Crippen molar-refractivity contribution in [3.05, 3.63) is 0 Å². The lowest BCUT2D eigenvalue weighted by Crippen LogP contribution is -2.36. The predicted molar refractivity (Wildman–Crippen MR) is 82.5 cm³/mol. The maximum atomic E-state index is 3.71. The van der Waals surface area contributed by atoms with E-state index in [0.29, 0.717) is 0 Å². The van der Waals surface area contributed by atoms with Crippen molar-refractivity contribution in [2.75, 3.05) is 40.3 Å². The zero-order valence-corrected chi connectivity index (χ0v) is 13.0. The van der Waals surface area contributed by atoms with Crippen molar-refractivity contribution in [1.29, 1.82) is 0 Å². The Labute approximate surface area is 119 Å². The Balaban J connectivity index is 1.50. The Bertz CT molecular complexity index is 236. The normalized spacial score (nSPS) is 33.5. The van der Waals surface area contributed by atoms with Gasteiger partial charge >= 0.3 is 0 Å². The lowest BCUT2D eigenvalue weighted by molar-refractivity contribution is 0.200. The summed E-state index contributed by atoms with van der Waals surface area (Å²) in [6.07, 6.45) is 9.77. The molecule has 0 spiro atoms. The van der Waals surface area contributed by atoms with E-state index in [-0.39, 0.29) is 0 Å². The van der Waals surface area contributed by atoms with Gasteiger partial charge in [0, 0.05) is 12.6 Å². The van der Waals surface area contributed by atoms with Gasteiger partial charge in [-0.1, -0.05) is 0 Å².